The van der Waals surface area contributed by atoms with Gasteiger partial charge in [0, 0.05) is 51.1 Å². The summed E-state index contributed by atoms with van der Waals surface area (Å²) in [5.74, 6) is -0.248. The van der Waals surface area contributed by atoms with Crippen molar-refractivity contribution >= 4 is 22.6 Å². The SMILES string of the molecule is CCN1CCN(C2=CN3C(=O)/C=C(c4cc(F)c5nc(C)oc5c4)\C=C\C=C3C=C2)CC1. The smallest absolute Gasteiger partial charge is 0.255 e. The van der Waals surface area contributed by atoms with Crippen LogP contribution in [-0.2, 0) is 4.79 Å². The van der Waals surface area contributed by atoms with Gasteiger partial charge in [0.15, 0.2) is 17.3 Å². The molecule has 1 aromatic carbocycles. The minimum Gasteiger partial charge on any atom is -0.441 e. The number of halogens is 1. The molecule has 7 heteroatoms. The highest BCUT2D eigenvalue weighted by Crippen LogP contribution is 2.28. The van der Waals surface area contributed by atoms with Crippen LogP contribution in [0.4, 0.5) is 4.39 Å². The van der Waals surface area contributed by atoms with E-state index in [0.717, 1.165) is 44.1 Å². The van der Waals surface area contributed by atoms with Crippen molar-refractivity contribution in [1.82, 2.24) is 19.7 Å². The van der Waals surface area contributed by atoms with Crippen molar-refractivity contribution in [3.8, 4) is 0 Å². The third-order valence-corrected chi connectivity index (χ3v) is 6.10. The zero-order valence-electron chi connectivity index (χ0n) is 18.2. The number of likely N-dealkylation sites (N-methyl/N-ethyl adjacent to an activating group) is 1. The first-order valence-corrected chi connectivity index (χ1v) is 10.9. The molecule has 0 saturated carbocycles. The number of allylic oxidation sites excluding steroid dienone is 6. The molecule has 0 spiro atoms. The second-order valence-corrected chi connectivity index (χ2v) is 8.10. The average Bonchev–Trinajstić information content (AvgIpc) is 3.18. The monoisotopic (exact) mass is 432 g/mol. The number of benzene rings is 1. The minimum absolute atomic E-state index is 0.182. The minimum atomic E-state index is -0.469. The molecule has 1 amide bonds. The summed E-state index contributed by atoms with van der Waals surface area (Å²) in [7, 11) is 0. The Bertz CT molecular complexity index is 1230. The van der Waals surface area contributed by atoms with Gasteiger partial charge in [0.2, 0.25) is 0 Å². The van der Waals surface area contributed by atoms with E-state index in [1.54, 1.807) is 17.9 Å². The van der Waals surface area contributed by atoms with Gasteiger partial charge < -0.3 is 14.2 Å². The number of aryl methyl sites for hydroxylation is 1. The molecule has 3 aliphatic rings. The molecule has 32 heavy (non-hydrogen) atoms. The molecule has 0 unspecified atom stereocenters. The number of piperazine rings is 1. The molecule has 2 aromatic rings. The van der Waals surface area contributed by atoms with Gasteiger partial charge in [0.25, 0.3) is 5.91 Å². The van der Waals surface area contributed by atoms with Crippen molar-refractivity contribution in [3.05, 3.63) is 83.5 Å². The number of oxazole rings is 1. The molecule has 3 aliphatic heterocycles. The number of carbonyl (C=O) groups is 1. The van der Waals surface area contributed by atoms with Crippen LogP contribution in [0.25, 0.3) is 16.7 Å². The van der Waals surface area contributed by atoms with E-state index in [2.05, 4.69) is 27.8 Å². The molecular weight excluding hydrogens is 407 g/mol. The molecule has 0 atom stereocenters. The first kappa shape index (κ1) is 20.5. The van der Waals surface area contributed by atoms with Crippen molar-refractivity contribution in [2.45, 2.75) is 13.8 Å². The maximum Gasteiger partial charge on any atom is 0.255 e. The molecule has 1 fully saturated rings. The van der Waals surface area contributed by atoms with Crippen LogP contribution < -0.4 is 0 Å². The zero-order chi connectivity index (χ0) is 22.2. The van der Waals surface area contributed by atoms with E-state index in [-0.39, 0.29) is 11.4 Å². The Morgan fingerprint density at radius 3 is 2.66 bits per heavy atom. The molecule has 0 N–H and O–H groups in total. The fourth-order valence-corrected chi connectivity index (χ4v) is 4.28. The zero-order valence-corrected chi connectivity index (χ0v) is 18.2. The molecule has 1 aromatic heterocycles. The fraction of sp³-hybridized carbons (Fsp3) is 0.280. The van der Waals surface area contributed by atoms with Crippen LogP contribution in [0.1, 0.15) is 18.4 Å². The van der Waals surface area contributed by atoms with Crippen LogP contribution in [0, 0.1) is 12.7 Å². The Kier molecular flexibility index (Phi) is 5.27. The Morgan fingerprint density at radius 2 is 1.88 bits per heavy atom. The van der Waals surface area contributed by atoms with Gasteiger partial charge in [-0.1, -0.05) is 19.1 Å². The van der Waals surface area contributed by atoms with Gasteiger partial charge in [-0.15, -0.1) is 0 Å². The summed E-state index contributed by atoms with van der Waals surface area (Å²) in [5.41, 5.74) is 3.57. The third-order valence-electron chi connectivity index (χ3n) is 6.10. The summed E-state index contributed by atoms with van der Waals surface area (Å²) in [6.07, 6.45) is 13.0. The Labute approximate surface area is 186 Å². The van der Waals surface area contributed by atoms with E-state index in [9.17, 15) is 9.18 Å². The highest BCUT2D eigenvalue weighted by molar-refractivity contribution is 6.00. The summed E-state index contributed by atoms with van der Waals surface area (Å²) in [6, 6.07) is 3.11. The molecule has 6 nitrogen and oxygen atoms in total. The lowest BCUT2D eigenvalue weighted by Crippen LogP contribution is -2.46. The lowest BCUT2D eigenvalue weighted by molar-refractivity contribution is -0.122. The van der Waals surface area contributed by atoms with Crippen LogP contribution in [0.2, 0.25) is 0 Å². The van der Waals surface area contributed by atoms with Crippen molar-refractivity contribution in [3.63, 3.8) is 0 Å². The molecule has 4 heterocycles. The summed E-state index contributed by atoms with van der Waals surface area (Å²) >= 11 is 0. The van der Waals surface area contributed by atoms with Crippen LogP contribution in [-0.4, -0.2) is 58.3 Å². The number of carbonyl (C=O) groups excluding carboxylic acids is 1. The van der Waals surface area contributed by atoms with Crippen LogP contribution in [0.5, 0.6) is 0 Å². The van der Waals surface area contributed by atoms with Gasteiger partial charge in [-0.3, -0.25) is 9.69 Å². The number of rotatable bonds is 3. The third kappa shape index (κ3) is 3.80. The lowest BCUT2D eigenvalue weighted by Gasteiger charge is -2.37. The van der Waals surface area contributed by atoms with Crippen molar-refractivity contribution in [1.29, 1.82) is 0 Å². The normalized spacial score (nSPS) is 22.1. The first-order chi connectivity index (χ1) is 15.5. The molecule has 1 saturated heterocycles. The van der Waals surface area contributed by atoms with Crippen molar-refractivity contribution in [2.24, 2.45) is 0 Å². The number of hydrogen-bond donors (Lipinski definition) is 0. The summed E-state index contributed by atoms with van der Waals surface area (Å²) in [6.45, 7) is 8.81. The standard InChI is InChI=1S/C25H25FN4O2/c1-3-28-9-11-29(12-10-28)21-8-7-20-6-4-5-18(15-24(31)30(20)16-21)19-13-22(26)25-23(14-19)32-17(2)27-25/h4-8,13-16H,3,9-12H2,1-2H3/b5-4+,18-15+,20-6?. The second kappa shape index (κ2) is 8.24. The predicted molar refractivity (Wildman–Crippen MR) is 122 cm³/mol. The van der Waals surface area contributed by atoms with E-state index < -0.39 is 5.82 Å². The fourth-order valence-electron chi connectivity index (χ4n) is 4.28. The number of hydrogen-bond acceptors (Lipinski definition) is 5. The van der Waals surface area contributed by atoms with Crippen LogP contribution in [0.3, 0.4) is 0 Å². The quantitative estimate of drug-likeness (QED) is 0.734. The number of amides is 1. The molecular formula is C25H25FN4O2. The van der Waals surface area contributed by atoms with E-state index in [4.69, 9.17) is 4.42 Å². The Morgan fingerprint density at radius 1 is 1.09 bits per heavy atom. The molecule has 5 rings (SSSR count). The topological polar surface area (TPSA) is 52.8 Å². The maximum atomic E-state index is 14.6. The Hall–Kier alpha value is -3.45. The number of nitrogens with zero attached hydrogens (tertiary/aromatic N) is 4. The van der Waals surface area contributed by atoms with E-state index in [1.165, 1.54) is 12.1 Å². The predicted octanol–water partition coefficient (Wildman–Crippen LogP) is 3.99. The van der Waals surface area contributed by atoms with Crippen LogP contribution in [0.15, 0.2) is 70.6 Å². The van der Waals surface area contributed by atoms with Gasteiger partial charge in [-0.2, -0.15) is 0 Å². The van der Waals surface area contributed by atoms with Crippen molar-refractivity contribution in [2.75, 3.05) is 32.7 Å². The number of aromatic nitrogens is 1. The van der Waals surface area contributed by atoms with Gasteiger partial charge in [-0.05, 0) is 48.0 Å². The molecule has 164 valence electrons. The van der Waals surface area contributed by atoms with E-state index >= 15 is 0 Å². The molecule has 0 radical (unpaired) electrons. The maximum absolute atomic E-state index is 14.6. The van der Waals surface area contributed by atoms with Gasteiger partial charge in [-0.25, -0.2) is 9.37 Å². The first-order valence-electron chi connectivity index (χ1n) is 10.9. The summed E-state index contributed by atoms with van der Waals surface area (Å²) in [5, 5.41) is 0. The highest BCUT2D eigenvalue weighted by atomic mass is 19.1. The second-order valence-electron chi connectivity index (χ2n) is 8.10. The van der Waals surface area contributed by atoms with Crippen molar-refractivity contribution < 1.29 is 13.6 Å². The van der Waals surface area contributed by atoms with Gasteiger partial charge >= 0.3 is 0 Å². The largest absolute Gasteiger partial charge is 0.441 e. The van der Waals surface area contributed by atoms with Crippen LogP contribution >= 0.6 is 0 Å². The summed E-state index contributed by atoms with van der Waals surface area (Å²) in [4.78, 5) is 23.7. The van der Waals surface area contributed by atoms with Gasteiger partial charge in [0.05, 0.1) is 5.70 Å². The van der Waals surface area contributed by atoms with E-state index in [1.807, 2.05) is 30.5 Å². The van der Waals surface area contributed by atoms with E-state index in [0.29, 0.717) is 22.6 Å². The Balaban J connectivity index is 1.45. The highest BCUT2D eigenvalue weighted by Gasteiger charge is 2.23. The number of fused-ring (bicyclic) bond motifs is 2. The molecule has 0 bridgehead atoms. The average molecular weight is 432 g/mol. The molecule has 0 aliphatic carbocycles. The van der Waals surface area contributed by atoms with Gasteiger partial charge in [0.1, 0.15) is 5.52 Å². The lowest BCUT2D eigenvalue weighted by atomic mass is 10.0. The summed E-state index contributed by atoms with van der Waals surface area (Å²) < 4.78 is 20.1.